The largest absolute Gasteiger partial charge is 0.465 e. The molecule has 2 aromatic carbocycles. The van der Waals surface area contributed by atoms with Crippen LogP contribution in [0.25, 0.3) is 11.3 Å². The van der Waals surface area contributed by atoms with Crippen molar-refractivity contribution >= 4 is 47.6 Å². The maximum atomic E-state index is 14.4. The Balaban J connectivity index is 0.000000245. The summed E-state index contributed by atoms with van der Waals surface area (Å²) in [5, 5.41) is 9.51. The van der Waals surface area contributed by atoms with Gasteiger partial charge in [-0.25, -0.2) is 36.0 Å². The highest BCUT2D eigenvalue weighted by atomic mass is 79.9. The van der Waals surface area contributed by atoms with E-state index in [1.54, 1.807) is 81.1 Å². The van der Waals surface area contributed by atoms with Gasteiger partial charge in [-0.1, -0.05) is 52.3 Å². The predicted molar refractivity (Wildman–Crippen MR) is 194 cm³/mol. The van der Waals surface area contributed by atoms with Gasteiger partial charge < -0.3 is 15.7 Å². The maximum Gasteiger partial charge on any atom is 0.408 e. The molecular formula is C34H43BrF3N5O6S2. The Morgan fingerprint density at radius 2 is 1.57 bits per heavy atom. The average Bonchev–Trinajstić information content (AvgIpc) is 3.31. The van der Waals surface area contributed by atoms with Gasteiger partial charge >= 0.3 is 6.09 Å². The van der Waals surface area contributed by atoms with Crippen LogP contribution in [0.15, 0.2) is 53.0 Å². The van der Waals surface area contributed by atoms with Gasteiger partial charge in [0.2, 0.25) is 5.95 Å². The first-order valence-electron chi connectivity index (χ1n) is 16.1. The van der Waals surface area contributed by atoms with Crippen LogP contribution in [0.5, 0.6) is 0 Å². The van der Waals surface area contributed by atoms with Gasteiger partial charge in [-0.3, -0.25) is 4.90 Å². The lowest BCUT2D eigenvalue weighted by Crippen LogP contribution is -2.57. The molecule has 2 unspecified atom stereocenters. The Morgan fingerprint density at radius 1 is 1.02 bits per heavy atom. The second-order valence-electron chi connectivity index (χ2n) is 14.1. The van der Waals surface area contributed by atoms with E-state index in [2.05, 4.69) is 25.9 Å². The molecule has 1 aromatic heterocycles. The number of hydrogen-bond acceptors (Lipinski definition) is 9. The summed E-state index contributed by atoms with van der Waals surface area (Å²) in [6.07, 6.45) is -0.144. The van der Waals surface area contributed by atoms with Crippen LogP contribution in [-0.2, 0) is 32.0 Å². The second-order valence-corrected chi connectivity index (χ2v) is 19.4. The normalized spacial score (nSPS) is 19.6. The number of fused-ring (bicyclic) bond motifs is 1. The summed E-state index contributed by atoms with van der Waals surface area (Å²) in [4.78, 5) is 23.0. The molecule has 5 rings (SSSR count). The molecule has 1 aliphatic heterocycles. The van der Waals surface area contributed by atoms with Gasteiger partial charge in [0.1, 0.15) is 31.5 Å². The van der Waals surface area contributed by atoms with Crippen molar-refractivity contribution in [3.8, 4) is 11.3 Å². The topological polar surface area (TPSA) is 164 Å². The predicted octanol–water partition coefficient (Wildman–Crippen LogP) is 6.09. The minimum absolute atomic E-state index is 0.0737. The number of sulfone groups is 2. The highest BCUT2D eigenvalue weighted by Gasteiger charge is 2.45. The number of nitrogens with two attached hydrogens (primary N) is 1. The molecule has 0 saturated carbocycles. The molecular weight excluding hydrogens is 775 g/mol. The summed E-state index contributed by atoms with van der Waals surface area (Å²) >= 11 is 3.31. The van der Waals surface area contributed by atoms with E-state index in [0.717, 1.165) is 17.0 Å². The molecule has 51 heavy (non-hydrogen) atoms. The standard InChI is InChI=1S/C20H23F3N4O2S.C14H20BrNO4S/c1-11-15(21)9-27(11)19-25-17(14-7-8-20(22,23)18(14)26-19)13-5-3-12(4-6-13)16(24)10-30(2,28)29;1-14(2,3)16(13(17)18)12(9-21(4,19)20)10-5-7-11(15)8-6-10/h3-6,11,15-16H,7-10,24H2,1-2H3;5-8,12H,9H2,1-4H3,(H,17,18)/t11-,15+,16?;/m0./s1. The van der Waals surface area contributed by atoms with E-state index < -0.39 is 61.5 Å². The number of aromatic nitrogens is 2. The van der Waals surface area contributed by atoms with Gasteiger partial charge in [0.05, 0.1) is 35.8 Å². The number of anilines is 1. The Bertz CT molecular complexity index is 1960. The molecule has 0 radical (unpaired) electrons. The molecule has 3 N–H and O–H groups in total. The van der Waals surface area contributed by atoms with Gasteiger partial charge in [-0.05, 0) is 57.4 Å². The van der Waals surface area contributed by atoms with Crippen LogP contribution in [0.1, 0.15) is 68.6 Å². The van der Waals surface area contributed by atoms with Crippen LogP contribution in [0.4, 0.5) is 23.9 Å². The molecule has 1 saturated heterocycles. The van der Waals surface area contributed by atoms with E-state index in [1.165, 1.54) is 4.90 Å². The van der Waals surface area contributed by atoms with Crippen molar-refractivity contribution in [2.75, 3.05) is 35.5 Å². The second kappa shape index (κ2) is 15.0. The van der Waals surface area contributed by atoms with E-state index in [4.69, 9.17) is 5.73 Å². The van der Waals surface area contributed by atoms with Gasteiger partial charge in [-0.15, -0.1) is 0 Å². The summed E-state index contributed by atoms with van der Waals surface area (Å²) in [6.45, 7) is 6.98. The van der Waals surface area contributed by atoms with E-state index in [1.807, 2.05) is 0 Å². The smallest absolute Gasteiger partial charge is 0.408 e. The highest BCUT2D eigenvalue weighted by Crippen LogP contribution is 2.45. The van der Waals surface area contributed by atoms with Crippen LogP contribution in [-0.4, -0.2) is 91.2 Å². The van der Waals surface area contributed by atoms with Crippen molar-refractivity contribution in [3.63, 3.8) is 0 Å². The van der Waals surface area contributed by atoms with Gasteiger partial charge in [-0.2, -0.15) is 8.78 Å². The highest BCUT2D eigenvalue weighted by molar-refractivity contribution is 9.10. The minimum Gasteiger partial charge on any atom is -0.465 e. The van der Waals surface area contributed by atoms with Crippen LogP contribution in [0.3, 0.4) is 0 Å². The molecule has 1 aliphatic carbocycles. The number of hydrogen-bond donors (Lipinski definition) is 2. The molecule has 17 heteroatoms. The fourth-order valence-electron chi connectivity index (χ4n) is 6.10. The number of carbonyl (C=O) groups is 1. The first-order valence-corrected chi connectivity index (χ1v) is 21.0. The molecule has 1 amide bonds. The fourth-order valence-corrected chi connectivity index (χ4v) is 8.12. The number of amides is 1. The zero-order valence-electron chi connectivity index (χ0n) is 29.1. The number of nitrogens with zero attached hydrogens (tertiary/aromatic N) is 4. The molecule has 1 fully saturated rings. The van der Waals surface area contributed by atoms with E-state index in [-0.39, 0.29) is 42.5 Å². The van der Waals surface area contributed by atoms with Crippen LogP contribution >= 0.6 is 15.9 Å². The zero-order valence-corrected chi connectivity index (χ0v) is 32.4. The van der Waals surface area contributed by atoms with Gasteiger partial charge in [0.25, 0.3) is 5.92 Å². The molecule has 2 heterocycles. The lowest BCUT2D eigenvalue weighted by molar-refractivity contribution is -0.00599. The molecule has 280 valence electrons. The number of halogens is 4. The quantitative estimate of drug-likeness (QED) is 0.259. The van der Waals surface area contributed by atoms with Crippen LogP contribution in [0.2, 0.25) is 0 Å². The Kier molecular flexibility index (Phi) is 11.9. The number of alkyl halides is 3. The minimum atomic E-state index is -3.34. The molecule has 11 nitrogen and oxygen atoms in total. The summed E-state index contributed by atoms with van der Waals surface area (Å²) in [6, 6.07) is 11.9. The molecule has 2 aliphatic rings. The van der Waals surface area contributed by atoms with Crippen molar-refractivity contribution in [2.45, 2.75) is 76.3 Å². The Hall–Kier alpha value is -3.28. The van der Waals surface area contributed by atoms with E-state index >= 15 is 0 Å². The number of rotatable bonds is 9. The first kappa shape index (κ1) is 40.5. The Morgan fingerprint density at radius 3 is 2.04 bits per heavy atom. The van der Waals surface area contributed by atoms with Crippen LogP contribution < -0.4 is 10.6 Å². The summed E-state index contributed by atoms with van der Waals surface area (Å²) in [5.41, 5.74) is 7.62. The van der Waals surface area contributed by atoms with Gasteiger partial charge in [0, 0.05) is 46.1 Å². The lowest BCUT2D eigenvalue weighted by Gasteiger charge is -2.42. The van der Waals surface area contributed by atoms with E-state index in [9.17, 15) is 39.9 Å². The molecule has 0 bridgehead atoms. The van der Waals surface area contributed by atoms with Crippen molar-refractivity contribution in [1.29, 1.82) is 0 Å². The van der Waals surface area contributed by atoms with Gasteiger partial charge in [0.15, 0.2) is 0 Å². The van der Waals surface area contributed by atoms with Crippen molar-refractivity contribution in [3.05, 3.63) is 75.4 Å². The van der Waals surface area contributed by atoms with E-state index in [0.29, 0.717) is 27.9 Å². The van der Waals surface area contributed by atoms with Crippen molar-refractivity contribution < 1.29 is 39.9 Å². The Labute approximate surface area is 305 Å². The summed E-state index contributed by atoms with van der Waals surface area (Å²) < 4.78 is 89.7. The van der Waals surface area contributed by atoms with Crippen molar-refractivity contribution in [2.24, 2.45) is 5.73 Å². The lowest BCUT2D eigenvalue weighted by atomic mass is 9.99. The third-order valence-corrected chi connectivity index (χ3v) is 11.1. The fraction of sp³-hybridized carbons (Fsp3) is 0.500. The number of benzene rings is 2. The van der Waals surface area contributed by atoms with Crippen molar-refractivity contribution in [1.82, 2.24) is 14.9 Å². The third-order valence-electron chi connectivity index (χ3n) is 8.72. The molecule has 3 aromatic rings. The maximum absolute atomic E-state index is 14.4. The summed E-state index contributed by atoms with van der Waals surface area (Å²) in [7, 11) is -6.58. The molecule has 0 spiro atoms. The average molecular weight is 819 g/mol. The zero-order chi connectivity index (χ0) is 38.3. The molecule has 4 atom stereocenters. The van der Waals surface area contributed by atoms with Crippen LogP contribution in [0, 0.1) is 0 Å². The monoisotopic (exact) mass is 817 g/mol. The first-order chi connectivity index (χ1) is 23.4. The third kappa shape index (κ3) is 9.99. The SMILES string of the molecule is CC(C)(C)N(C(=O)O)C(CS(C)(=O)=O)c1ccc(Br)cc1.C[C@H]1[C@H](F)CN1c1nc(-c2ccc(C(N)CS(C)(=O)=O)cc2)c2c(n1)C(F)(F)CC2. The number of carboxylic acid groups (broad SMARTS) is 1. The summed E-state index contributed by atoms with van der Waals surface area (Å²) in [5.74, 6) is -3.39.